The topological polar surface area (TPSA) is 45.7 Å². The average molecular weight is 438 g/mol. The predicted molar refractivity (Wildman–Crippen MR) is 130 cm³/mol. The summed E-state index contributed by atoms with van der Waals surface area (Å²) in [5.41, 5.74) is 3.93. The van der Waals surface area contributed by atoms with Gasteiger partial charge < -0.3 is 9.64 Å². The number of aromatic nitrogens is 1. The van der Waals surface area contributed by atoms with Crippen LogP contribution in [0.1, 0.15) is 21.5 Å². The maximum Gasteiger partial charge on any atom is 0.254 e. The number of pyridine rings is 1. The minimum Gasteiger partial charge on any atom is -0.489 e. The monoisotopic (exact) mass is 437 g/mol. The molecule has 5 nitrogen and oxygen atoms in total. The van der Waals surface area contributed by atoms with Gasteiger partial charge in [0.1, 0.15) is 12.4 Å². The highest BCUT2D eigenvalue weighted by molar-refractivity contribution is 5.95. The van der Waals surface area contributed by atoms with Gasteiger partial charge in [0.15, 0.2) is 0 Å². The van der Waals surface area contributed by atoms with Crippen molar-refractivity contribution in [2.45, 2.75) is 13.2 Å². The number of hydrogen-bond donors (Lipinski definition) is 0. The van der Waals surface area contributed by atoms with Gasteiger partial charge >= 0.3 is 0 Å². The summed E-state index contributed by atoms with van der Waals surface area (Å²) in [7, 11) is 0. The third-order valence-electron chi connectivity index (χ3n) is 6.16. The van der Waals surface area contributed by atoms with Crippen LogP contribution in [0.2, 0.25) is 0 Å². The number of rotatable bonds is 6. The number of piperazine rings is 1. The van der Waals surface area contributed by atoms with Crippen LogP contribution in [-0.4, -0.2) is 46.9 Å². The number of nitrogens with zero attached hydrogens (tertiary/aromatic N) is 3. The van der Waals surface area contributed by atoms with Crippen molar-refractivity contribution in [1.29, 1.82) is 0 Å². The van der Waals surface area contributed by atoms with Crippen molar-refractivity contribution in [3.05, 3.63) is 108 Å². The Kier molecular flexibility index (Phi) is 6.31. The van der Waals surface area contributed by atoms with E-state index >= 15 is 0 Å². The van der Waals surface area contributed by atoms with Gasteiger partial charge in [-0.15, -0.1) is 0 Å². The zero-order chi connectivity index (χ0) is 22.5. The van der Waals surface area contributed by atoms with E-state index in [4.69, 9.17) is 4.74 Å². The quantitative estimate of drug-likeness (QED) is 0.436. The molecule has 1 saturated heterocycles. The molecule has 1 aliphatic heterocycles. The van der Waals surface area contributed by atoms with Crippen molar-refractivity contribution in [2.24, 2.45) is 0 Å². The molecule has 1 amide bonds. The first-order valence-corrected chi connectivity index (χ1v) is 11.4. The second kappa shape index (κ2) is 9.84. The van der Waals surface area contributed by atoms with Crippen LogP contribution in [-0.2, 0) is 13.2 Å². The van der Waals surface area contributed by atoms with Crippen LogP contribution in [0.25, 0.3) is 10.9 Å². The molecule has 33 heavy (non-hydrogen) atoms. The van der Waals surface area contributed by atoms with Crippen LogP contribution < -0.4 is 4.74 Å². The van der Waals surface area contributed by atoms with Gasteiger partial charge in [-0.1, -0.05) is 60.7 Å². The van der Waals surface area contributed by atoms with Crippen LogP contribution in [0.15, 0.2) is 91.1 Å². The molecule has 0 saturated carbocycles. The number of hydrogen-bond acceptors (Lipinski definition) is 4. The molecule has 0 spiro atoms. The first-order chi connectivity index (χ1) is 16.3. The molecule has 0 aliphatic carbocycles. The van der Waals surface area contributed by atoms with Crippen molar-refractivity contribution >= 4 is 16.8 Å². The number of ether oxygens (including phenoxy) is 1. The summed E-state index contributed by atoms with van der Waals surface area (Å²) < 4.78 is 5.90. The molecule has 0 N–H and O–H groups in total. The fraction of sp³-hybridized carbons (Fsp3) is 0.214. The minimum atomic E-state index is 0.0775. The lowest BCUT2D eigenvalue weighted by Crippen LogP contribution is -2.48. The van der Waals surface area contributed by atoms with E-state index in [2.05, 4.69) is 34.1 Å². The van der Waals surface area contributed by atoms with E-state index in [1.165, 1.54) is 5.56 Å². The Bertz CT molecular complexity index is 1230. The Morgan fingerprint density at radius 2 is 1.52 bits per heavy atom. The third-order valence-corrected chi connectivity index (χ3v) is 6.16. The summed E-state index contributed by atoms with van der Waals surface area (Å²) in [6.45, 7) is 4.34. The maximum atomic E-state index is 13.3. The van der Waals surface area contributed by atoms with Gasteiger partial charge in [-0.2, -0.15) is 0 Å². The molecule has 3 aromatic carbocycles. The molecule has 1 fully saturated rings. The van der Waals surface area contributed by atoms with E-state index in [0.29, 0.717) is 19.7 Å². The van der Waals surface area contributed by atoms with Gasteiger partial charge in [0.2, 0.25) is 0 Å². The number of carbonyl (C=O) groups is 1. The number of para-hydroxylation sites is 2. The van der Waals surface area contributed by atoms with Crippen molar-refractivity contribution in [3.8, 4) is 5.75 Å². The number of carbonyl (C=O) groups excluding carboxylic acids is 1. The first-order valence-electron chi connectivity index (χ1n) is 11.4. The highest BCUT2D eigenvalue weighted by Gasteiger charge is 2.24. The number of amides is 1. The van der Waals surface area contributed by atoms with Crippen molar-refractivity contribution in [2.75, 3.05) is 26.2 Å². The summed E-state index contributed by atoms with van der Waals surface area (Å²) in [4.78, 5) is 22.2. The van der Waals surface area contributed by atoms with E-state index in [1.54, 1.807) is 0 Å². The largest absolute Gasteiger partial charge is 0.489 e. The van der Waals surface area contributed by atoms with Crippen LogP contribution in [0, 0.1) is 0 Å². The Morgan fingerprint density at radius 1 is 0.788 bits per heavy atom. The summed E-state index contributed by atoms with van der Waals surface area (Å²) >= 11 is 0. The van der Waals surface area contributed by atoms with E-state index in [0.717, 1.165) is 47.4 Å². The Balaban J connectivity index is 1.22. The molecular formula is C28H27N3O2. The molecule has 4 aromatic rings. The summed E-state index contributed by atoms with van der Waals surface area (Å²) in [6.07, 6.45) is 1.85. The maximum absolute atomic E-state index is 13.3. The number of fused-ring (bicyclic) bond motifs is 1. The van der Waals surface area contributed by atoms with E-state index in [9.17, 15) is 4.79 Å². The molecule has 0 atom stereocenters. The highest BCUT2D eigenvalue weighted by Crippen LogP contribution is 2.20. The van der Waals surface area contributed by atoms with E-state index in [1.807, 2.05) is 71.8 Å². The Morgan fingerprint density at radius 3 is 2.36 bits per heavy atom. The molecule has 2 heterocycles. The standard InChI is InChI=1S/C28H27N3O2/c32-28(26-14-5-4-8-24(26)21-33-25-12-2-1-3-13-25)31-18-16-30(17-19-31)20-23-10-6-9-22-11-7-15-29-27(22)23/h1-15H,16-21H2. The Labute approximate surface area is 194 Å². The highest BCUT2D eigenvalue weighted by atomic mass is 16.5. The Hall–Kier alpha value is -3.70. The zero-order valence-electron chi connectivity index (χ0n) is 18.6. The van der Waals surface area contributed by atoms with Crippen LogP contribution in [0.3, 0.4) is 0 Å². The summed E-state index contributed by atoms with van der Waals surface area (Å²) in [6, 6.07) is 27.9. The molecule has 1 aromatic heterocycles. The number of benzene rings is 3. The fourth-order valence-corrected chi connectivity index (χ4v) is 4.35. The first kappa shape index (κ1) is 21.2. The van der Waals surface area contributed by atoms with E-state index < -0.39 is 0 Å². The molecule has 1 aliphatic rings. The minimum absolute atomic E-state index is 0.0775. The normalized spacial score (nSPS) is 14.4. The van der Waals surface area contributed by atoms with Crippen molar-refractivity contribution in [3.63, 3.8) is 0 Å². The molecule has 5 rings (SSSR count). The van der Waals surface area contributed by atoms with Gasteiger partial charge in [-0.05, 0) is 29.8 Å². The second-order valence-electron chi connectivity index (χ2n) is 8.32. The lowest BCUT2D eigenvalue weighted by atomic mass is 10.1. The fourth-order valence-electron chi connectivity index (χ4n) is 4.35. The third kappa shape index (κ3) is 4.89. The lowest BCUT2D eigenvalue weighted by molar-refractivity contribution is 0.0626. The van der Waals surface area contributed by atoms with Gasteiger partial charge in [-0.3, -0.25) is 14.7 Å². The second-order valence-corrected chi connectivity index (χ2v) is 8.32. The van der Waals surface area contributed by atoms with Gasteiger partial charge in [0, 0.05) is 55.4 Å². The summed E-state index contributed by atoms with van der Waals surface area (Å²) in [5.74, 6) is 0.880. The van der Waals surface area contributed by atoms with Gasteiger partial charge in [0.25, 0.3) is 5.91 Å². The molecule has 5 heteroatoms. The lowest BCUT2D eigenvalue weighted by Gasteiger charge is -2.35. The molecule has 166 valence electrons. The average Bonchev–Trinajstić information content (AvgIpc) is 2.88. The van der Waals surface area contributed by atoms with E-state index in [-0.39, 0.29) is 5.91 Å². The molecule has 0 radical (unpaired) electrons. The van der Waals surface area contributed by atoms with Crippen molar-refractivity contribution in [1.82, 2.24) is 14.8 Å². The van der Waals surface area contributed by atoms with Crippen LogP contribution in [0.4, 0.5) is 0 Å². The SMILES string of the molecule is O=C(c1ccccc1COc1ccccc1)N1CCN(Cc2cccc3cccnc23)CC1. The van der Waals surface area contributed by atoms with Crippen molar-refractivity contribution < 1.29 is 9.53 Å². The summed E-state index contributed by atoms with van der Waals surface area (Å²) in [5, 5.41) is 1.16. The molecular weight excluding hydrogens is 410 g/mol. The zero-order valence-corrected chi connectivity index (χ0v) is 18.6. The molecule has 0 unspecified atom stereocenters. The predicted octanol–water partition coefficient (Wildman–Crippen LogP) is 4.77. The van der Waals surface area contributed by atoms with Gasteiger partial charge in [0.05, 0.1) is 5.52 Å². The van der Waals surface area contributed by atoms with Gasteiger partial charge in [-0.25, -0.2) is 0 Å². The smallest absolute Gasteiger partial charge is 0.254 e. The van der Waals surface area contributed by atoms with Crippen LogP contribution >= 0.6 is 0 Å². The molecule has 0 bridgehead atoms. The van der Waals surface area contributed by atoms with Crippen LogP contribution in [0.5, 0.6) is 5.75 Å².